The van der Waals surface area contributed by atoms with E-state index in [2.05, 4.69) is 10.6 Å². The number of nitrogens with one attached hydrogen (secondary N) is 2. The molecule has 0 saturated carbocycles. The summed E-state index contributed by atoms with van der Waals surface area (Å²) in [5, 5.41) is 6.03. The molecule has 0 bridgehead atoms. The molecule has 2 N–H and O–H groups in total. The van der Waals surface area contributed by atoms with Crippen LogP contribution in [0.3, 0.4) is 0 Å². The Kier molecular flexibility index (Phi) is 11.2. The fourth-order valence-electron chi connectivity index (χ4n) is 2.97. The van der Waals surface area contributed by atoms with Crippen molar-refractivity contribution < 1.29 is 13.6 Å². The highest BCUT2D eigenvalue weighted by Gasteiger charge is 2.24. The van der Waals surface area contributed by atoms with Gasteiger partial charge in [0, 0.05) is 37.2 Å². The minimum atomic E-state index is -0.515. The highest BCUT2D eigenvalue weighted by atomic mass is 35.5. The van der Waals surface area contributed by atoms with E-state index in [9.17, 15) is 13.6 Å². The van der Waals surface area contributed by atoms with E-state index in [1.807, 2.05) is 18.9 Å². The van der Waals surface area contributed by atoms with Crippen molar-refractivity contribution in [2.75, 3.05) is 26.7 Å². The molecule has 0 radical (unpaired) electrons. The summed E-state index contributed by atoms with van der Waals surface area (Å²) in [4.78, 5) is 14.1. The van der Waals surface area contributed by atoms with Crippen LogP contribution in [0.4, 0.5) is 8.78 Å². The monoisotopic (exact) mass is 397 g/mol. The van der Waals surface area contributed by atoms with Gasteiger partial charge in [0.1, 0.15) is 11.6 Å². The van der Waals surface area contributed by atoms with E-state index in [1.165, 1.54) is 18.2 Å². The lowest BCUT2D eigenvalue weighted by molar-refractivity contribution is -0.125. The predicted octanol–water partition coefficient (Wildman–Crippen LogP) is 2.74. The maximum absolute atomic E-state index is 13.8. The average molecular weight is 398 g/mol. The SMILES string of the molecule is CNCC(C)C(=O)NC1CCCN(Cc2c(F)cccc2F)C1.Cl.Cl. The molecule has 1 aromatic rings. The van der Waals surface area contributed by atoms with Gasteiger partial charge in [-0.1, -0.05) is 13.0 Å². The first kappa shape index (κ1) is 24.1. The first-order chi connectivity index (χ1) is 11.0. The van der Waals surface area contributed by atoms with Gasteiger partial charge in [0.15, 0.2) is 0 Å². The van der Waals surface area contributed by atoms with Crippen molar-refractivity contribution in [2.45, 2.75) is 32.4 Å². The topological polar surface area (TPSA) is 44.4 Å². The summed E-state index contributed by atoms with van der Waals surface area (Å²) >= 11 is 0. The molecule has 1 aromatic carbocycles. The number of amides is 1. The molecule has 0 aliphatic carbocycles. The molecule has 1 fully saturated rings. The van der Waals surface area contributed by atoms with Crippen molar-refractivity contribution in [3.63, 3.8) is 0 Å². The summed E-state index contributed by atoms with van der Waals surface area (Å²) in [6.07, 6.45) is 1.80. The number of likely N-dealkylation sites (tertiary alicyclic amines) is 1. The lowest BCUT2D eigenvalue weighted by Crippen LogP contribution is -2.49. The Morgan fingerprint density at radius 2 is 1.96 bits per heavy atom. The molecule has 4 nitrogen and oxygen atoms in total. The van der Waals surface area contributed by atoms with Crippen molar-refractivity contribution in [1.82, 2.24) is 15.5 Å². The van der Waals surface area contributed by atoms with E-state index in [1.54, 1.807) is 0 Å². The minimum Gasteiger partial charge on any atom is -0.352 e. The number of rotatable bonds is 6. The Hall–Kier alpha value is -0.950. The van der Waals surface area contributed by atoms with Crippen LogP contribution in [0, 0.1) is 17.6 Å². The van der Waals surface area contributed by atoms with E-state index < -0.39 is 11.6 Å². The molecule has 0 aromatic heterocycles. The molecule has 1 aliphatic heterocycles. The van der Waals surface area contributed by atoms with Crippen LogP contribution < -0.4 is 10.6 Å². The van der Waals surface area contributed by atoms with Gasteiger partial charge in [-0.2, -0.15) is 0 Å². The van der Waals surface area contributed by atoms with Crippen molar-refractivity contribution in [1.29, 1.82) is 0 Å². The first-order valence-corrected chi connectivity index (χ1v) is 8.11. The van der Waals surface area contributed by atoms with Gasteiger partial charge in [-0.25, -0.2) is 8.78 Å². The third-order valence-electron chi connectivity index (χ3n) is 4.25. The normalized spacial score (nSPS) is 18.6. The first-order valence-electron chi connectivity index (χ1n) is 8.11. The fraction of sp³-hybridized carbons (Fsp3) is 0.588. The number of carbonyl (C=O) groups excluding carboxylic acids is 1. The predicted molar refractivity (Wildman–Crippen MR) is 100 cm³/mol. The van der Waals surface area contributed by atoms with Crippen molar-refractivity contribution >= 4 is 30.7 Å². The van der Waals surface area contributed by atoms with Gasteiger partial charge in [0.05, 0.1) is 0 Å². The second-order valence-electron chi connectivity index (χ2n) is 6.24. The van der Waals surface area contributed by atoms with Crippen molar-refractivity contribution in [3.05, 3.63) is 35.4 Å². The molecule has 8 heteroatoms. The molecular weight excluding hydrogens is 371 g/mol. The number of benzene rings is 1. The molecule has 1 amide bonds. The second-order valence-corrected chi connectivity index (χ2v) is 6.24. The molecule has 1 saturated heterocycles. The Morgan fingerprint density at radius 1 is 1.32 bits per heavy atom. The molecule has 2 unspecified atom stereocenters. The van der Waals surface area contributed by atoms with Crippen LogP contribution in [0.5, 0.6) is 0 Å². The highest BCUT2D eigenvalue weighted by molar-refractivity contribution is 5.85. The molecule has 1 heterocycles. The fourth-order valence-corrected chi connectivity index (χ4v) is 2.97. The molecule has 2 rings (SSSR count). The quantitative estimate of drug-likeness (QED) is 0.775. The summed E-state index contributed by atoms with van der Waals surface area (Å²) in [6, 6.07) is 3.96. The highest BCUT2D eigenvalue weighted by Crippen LogP contribution is 2.18. The molecule has 2 atom stereocenters. The summed E-state index contributed by atoms with van der Waals surface area (Å²) in [6.45, 7) is 4.14. The lowest BCUT2D eigenvalue weighted by atomic mass is 10.0. The van der Waals surface area contributed by atoms with E-state index in [-0.39, 0.29) is 54.8 Å². The van der Waals surface area contributed by atoms with Gasteiger partial charge in [0.2, 0.25) is 5.91 Å². The third kappa shape index (κ3) is 7.05. The van der Waals surface area contributed by atoms with Crippen LogP contribution in [0.1, 0.15) is 25.3 Å². The number of nitrogens with zero attached hydrogens (tertiary/aromatic N) is 1. The van der Waals surface area contributed by atoms with Gasteiger partial charge < -0.3 is 10.6 Å². The standard InChI is InChI=1S/C17H25F2N3O.2ClH/c1-12(9-20-2)17(23)21-13-5-4-8-22(10-13)11-14-15(18)6-3-7-16(14)19;;/h3,6-7,12-13,20H,4-5,8-11H2,1-2H3,(H,21,23);2*1H. The largest absolute Gasteiger partial charge is 0.352 e. The van der Waals surface area contributed by atoms with Gasteiger partial charge in [0.25, 0.3) is 0 Å². The zero-order chi connectivity index (χ0) is 16.8. The molecule has 25 heavy (non-hydrogen) atoms. The maximum Gasteiger partial charge on any atom is 0.224 e. The molecule has 144 valence electrons. The zero-order valence-electron chi connectivity index (χ0n) is 14.6. The Morgan fingerprint density at radius 3 is 2.56 bits per heavy atom. The minimum absolute atomic E-state index is 0. The van der Waals surface area contributed by atoms with Crippen LogP contribution in [-0.4, -0.2) is 43.5 Å². The number of hydrogen-bond acceptors (Lipinski definition) is 3. The number of halogens is 4. The number of carbonyl (C=O) groups is 1. The Bertz CT molecular complexity index is 528. The molecular formula is C17H27Cl2F2N3O. The number of hydrogen-bond donors (Lipinski definition) is 2. The number of piperidine rings is 1. The van der Waals surface area contributed by atoms with Gasteiger partial charge in [-0.3, -0.25) is 9.69 Å². The van der Waals surface area contributed by atoms with Gasteiger partial charge >= 0.3 is 0 Å². The van der Waals surface area contributed by atoms with Crippen LogP contribution in [0.25, 0.3) is 0 Å². The third-order valence-corrected chi connectivity index (χ3v) is 4.25. The smallest absolute Gasteiger partial charge is 0.224 e. The van der Waals surface area contributed by atoms with Crippen LogP contribution in [-0.2, 0) is 11.3 Å². The maximum atomic E-state index is 13.8. The molecule has 1 aliphatic rings. The van der Waals surface area contributed by atoms with Crippen LogP contribution >= 0.6 is 24.8 Å². The zero-order valence-corrected chi connectivity index (χ0v) is 16.2. The van der Waals surface area contributed by atoms with Gasteiger partial charge in [-0.15, -0.1) is 24.8 Å². The lowest BCUT2D eigenvalue weighted by Gasteiger charge is -2.33. The van der Waals surface area contributed by atoms with Crippen molar-refractivity contribution in [2.24, 2.45) is 5.92 Å². The van der Waals surface area contributed by atoms with Crippen molar-refractivity contribution in [3.8, 4) is 0 Å². The van der Waals surface area contributed by atoms with E-state index in [0.717, 1.165) is 19.4 Å². The van der Waals surface area contributed by atoms with Crippen LogP contribution in [0.2, 0.25) is 0 Å². The van der Waals surface area contributed by atoms with E-state index >= 15 is 0 Å². The molecule has 0 spiro atoms. The summed E-state index contributed by atoms with van der Waals surface area (Å²) in [5.41, 5.74) is 0.100. The summed E-state index contributed by atoms with van der Waals surface area (Å²) in [7, 11) is 1.81. The Labute approximate surface area is 160 Å². The van der Waals surface area contributed by atoms with E-state index in [0.29, 0.717) is 13.1 Å². The van der Waals surface area contributed by atoms with E-state index in [4.69, 9.17) is 0 Å². The summed E-state index contributed by atoms with van der Waals surface area (Å²) in [5.74, 6) is -1.11. The summed E-state index contributed by atoms with van der Waals surface area (Å²) < 4.78 is 27.5. The second kappa shape index (κ2) is 11.6. The van der Waals surface area contributed by atoms with Crippen LogP contribution in [0.15, 0.2) is 18.2 Å². The average Bonchev–Trinajstić information content (AvgIpc) is 2.52. The Balaban J connectivity index is 0.00000288. The van der Waals surface area contributed by atoms with Gasteiger partial charge in [-0.05, 0) is 38.6 Å².